The number of nitrogens with one attached hydrogen (secondary N) is 1. The van der Waals surface area contributed by atoms with Crippen molar-refractivity contribution in [1.82, 2.24) is 4.72 Å². The normalized spacial score (nSPS) is 11.6. The van der Waals surface area contributed by atoms with Crippen LogP contribution in [-0.2, 0) is 16.6 Å². The lowest BCUT2D eigenvalue weighted by Gasteiger charge is -2.06. The molecule has 0 aliphatic rings. The zero-order chi connectivity index (χ0) is 12.7. The summed E-state index contributed by atoms with van der Waals surface area (Å²) in [6.45, 7) is 0.814. The molecule has 0 aliphatic heterocycles. The molecule has 1 rings (SSSR count). The number of hydrogen-bond donors (Lipinski definition) is 2. The first-order valence-corrected chi connectivity index (χ1v) is 7.48. The smallest absolute Gasteiger partial charge is 0.211 e. The standard InChI is InChI=1S/C11H17ClN2O2S/c12-11-5-3-10(4-6-11)9-14-17(15,16)8-2-1-7-13/h3-6,14H,1-2,7-9,13H2. The summed E-state index contributed by atoms with van der Waals surface area (Å²) in [6, 6.07) is 7.06. The molecule has 6 heteroatoms. The predicted octanol–water partition coefficient (Wildman–Crippen LogP) is 1.50. The van der Waals surface area contributed by atoms with Crippen molar-refractivity contribution in [2.75, 3.05) is 12.3 Å². The second-order valence-electron chi connectivity index (χ2n) is 3.76. The van der Waals surface area contributed by atoms with E-state index >= 15 is 0 Å². The number of rotatable bonds is 7. The lowest BCUT2D eigenvalue weighted by atomic mass is 10.2. The second kappa shape index (κ2) is 6.96. The monoisotopic (exact) mass is 276 g/mol. The Kier molecular flexibility index (Phi) is 5.91. The van der Waals surface area contributed by atoms with Crippen LogP contribution < -0.4 is 10.5 Å². The number of unbranched alkanes of at least 4 members (excludes halogenated alkanes) is 1. The van der Waals surface area contributed by atoms with E-state index in [-0.39, 0.29) is 5.75 Å². The van der Waals surface area contributed by atoms with E-state index in [1.54, 1.807) is 24.3 Å². The van der Waals surface area contributed by atoms with Gasteiger partial charge in [-0.1, -0.05) is 23.7 Å². The minimum atomic E-state index is -3.20. The van der Waals surface area contributed by atoms with Gasteiger partial charge in [0.1, 0.15) is 0 Å². The molecule has 0 bridgehead atoms. The molecule has 0 spiro atoms. The third kappa shape index (κ3) is 6.02. The summed E-state index contributed by atoms with van der Waals surface area (Å²) in [5, 5.41) is 0.638. The minimum absolute atomic E-state index is 0.123. The van der Waals surface area contributed by atoms with E-state index in [0.29, 0.717) is 24.5 Å². The van der Waals surface area contributed by atoms with Crippen LogP contribution >= 0.6 is 11.6 Å². The topological polar surface area (TPSA) is 72.2 Å². The molecule has 1 aromatic carbocycles. The fraction of sp³-hybridized carbons (Fsp3) is 0.455. The Hall–Kier alpha value is -0.620. The van der Waals surface area contributed by atoms with E-state index in [1.165, 1.54) is 0 Å². The van der Waals surface area contributed by atoms with Crippen LogP contribution in [0.25, 0.3) is 0 Å². The molecule has 0 saturated heterocycles. The van der Waals surface area contributed by atoms with Crippen LogP contribution in [0.15, 0.2) is 24.3 Å². The van der Waals surface area contributed by atoms with Gasteiger partial charge in [-0.25, -0.2) is 13.1 Å². The van der Waals surface area contributed by atoms with Crippen molar-refractivity contribution >= 4 is 21.6 Å². The van der Waals surface area contributed by atoms with Crippen LogP contribution in [-0.4, -0.2) is 20.7 Å². The Balaban J connectivity index is 2.41. The van der Waals surface area contributed by atoms with E-state index in [4.69, 9.17) is 17.3 Å². The molecule has 0 saturated carbocycles. The number of sulfonamides is 1. The Morgan fingerprint density at radius 1 is 1.18 bits per heavy atom. The SMILES string of the molecule is NCCCCS(=O)(=O)NCc1ccc(Cl)cc1. The van der Waals surface area contributed by atoms with Crippen molar-refractivity contribution in [2.24, 2.45) is 5.73 Å². The van der Waals surface area contributed by atoms with E-state index in [1.807, 2.05) is 0 Å². The maximum Gasteiger partial charge on any atom is 0.211 e. The molecule has 1 aromatic rings. The Labute approximate surface area is 107 Å². The number of hydrogen-bond acceptors (Lipinski definition) is 3. The van der Waals surface area contributed by atoms with Crippen molar-refractivity contribution in [3.05, 3.63) is 34.9 Å². The maximum atomic E-state index is 11.6. The molecule has 96 valence electrons. The first-order chi connectivity index (χ1) is 8.03. The van der Waals surface area contributed by atoms with Crippen LogP contribution in [0.5, 0.6) is 0 Å². The summed E-state index contributed by atoms with van der Waals surface area (Å²) >= 11 is 5.74. The van der Waals surface area contributed by atoms with Crippen LogP contribution in [0.1, 0.15) is 18.4 Å². The summed E-state index contributed by atoms with van der Waals surface area (Å²) in [5.41, 5.74) is 6.20. The van der Waals surface area contributed by atoms with Gasteiger partial charge in [0.2, 0.25) is 10.0 Å². The molecule has 4 nitrogen and oxygen atoms in total. The highest BCUT2D eigenvalue weighted by Gasteiger charge is 2.08. The van der Waals surface area contributed by atoms with Gasteiger partial charge in [0, 0.05) is 11.6 Å². The molecule has 0 atom stereocenters. The van der Waals surface area contributed by atoms with Gasteiger partial charge in [-0.15, -0.1) is 0 Å². The minimum Gasteiger partial charge on any atom is -0.330 e. The predicted molar refractivity (Wildman–Crippen MR) is 70.4 cm³/mol. The van der Waals surface area contributed by atoms with E-state index in [0.717, 1.165) is 12.0 Å². The zero-order valence-electron chi connectivity index (χ0n) is 9.52. The van der Waals surface area contributed by atoms with Gasteiger partial charge in [-0.3, -0.25) is 0 Å². The molecule has 0 fully saturated rings. The summed E-state index contributed by atoms with van der Waals surface area (Å²) in [4.78, 5) is 0. The molecule has 17 heavy (non-hydrogen) atoms. The number of nitrogens with two attached hydrogens (primary N) is 1. The highest BCUT2D eigenvalue weighted by molar-refractivity contribution is 7.89. The Morgan fingerprint density at radius 2 is 1.82 bits per heavy atom. The number of benzene rings is 1. The average molecular weight is 277 g/mol. The first kappa shape index (κ1) is 14.4. The molecule has 3 N–H and O–H groups in total. The van der Waals surface area contributed by atoms with Crippen molar-refractivity contribution in [3.8, 4) is 0 Å². The van der Waals surface area contributed by atoms with Gasteiger partial charge in [-0.05, 0) is 37.1 Å². The fourth-order valence-corrected chi connectivity index (χ4v) is 2.55. The lowest BCUT2D eigenvalue weighted by molar-refractivity contribution is 0.577. The van der Waals surface area contributed by atoms with E-state index in [2.05, 4.69) is 4.72 Å². The second-order valence-corrected chi connectivity index (χ2v) is 6.13. The number of halogens is 1. The van der Waals surface area contributed by atoms with Gasteiger partial charge in [0.25, 0.3) is 0 Å². The van der Waals surface area contributed by atoms with Gasteiger partial charge < -0.3 is 5.73 Å². The van der Waals surface area contributed by atoms with Crippen LogP contribution in [0.2, 0.25) is 5.02 Å². The van der Waals surface area contributed by atoms with E-state index in [9.17, 15) is 8.42 Å². The zero-order valence-corrected chi connectivity index (χ0v) is 11.1. The largest absolute Gasteiger partial charge is 0.330 e. The summed E-state index contributed by atoms with van der Waals surface area (Å²) in [6.07, 6.45) is 1.31. The first-order valence-electron chi connectivity index (χ1n) is 5.45. The average Bonchev–Trinajstić information content (AvgIpc) is 2.29. The summed E-state index contributed by atoms with van der Waals surface area (Å²) in [5.74, 6) is 0.123. The summed E-state index contributed by atoms with van der Waals surface area (Å²) < 4.78 is 25.7. The third-order valence-corrected chi connectivity index (χ3v) is 3.94. The van der Waals surface area contributed by atoms with Crippen LogP contribution in [0.3, 0.4) is 0 Å². The van der Waals surface area contributed by atoms with Crippen LogP contribution in [0, 0.1) is 0 Å². The van der Waals surface area contributed by atoms with Crippen LogP contribution in [0.4, 0.5) is 0 Å². The molecule has 0 unspecified atom stereocenters. The molecule has 0 amide bonds. The van der Waals surface area contributed by atoms with Gasteiger partial charge >= 0.3 is 0 Å². The summed E-state index contributed by atoms with van der Waals surface area (Å²) in [7, 11) is -3.20. The fourth-order valence-electron chi connectivity index (χ4n) is 1.30. The van der Waals surface area contributed by atoms with Crippen molar-refractivity contribution in [1.29, 1.82) is 0 Å². The van der Waals surface area contributed by atoms with Gasteiger partial charge in [-0.2, -0.15) is 0 Å². The molecule has 0 aliphatic carbocycles. The molecule has 0 radical (unpaired) electrons. The Morgan fingerprint density at radius 3 is 2.41 bits per heavy atom. The highest BCUT2D eigenvalue weighted by Crippen LogP contribution is 2.09. The molecule has 0 heterocycles. The molecular weight excluding hydrogens is 260 g/mol. The molecule has 0 aromatic heterocycles. The maximum absolute atomic E-state index is 11.6. The highest BCUT2D eigenvalue weighted by atomic mass is 35.5. The van der Waals surface area contributed by atoms with Crippen molar-refractivity contribution in [2.45, 2.75) is 19.4 Å². The molecular formula is C11H17ClN2O2S. The quantitative estimate of drug-likeness (QED) is 0.742. The van der Waals surface area contributed by atoms with Gasteiger partial charge in [0.05, 0.1) is 5.75 Å². The van der Waals surface area contributed by atoms with E-state index < -0.39 is 10.0 Å². The van der Waals surface area contributed by atoms with Crippen molar-refractivity contribution in [3.63, 3.8) is 0 Å². The van der Waals surface area contributed by atoms with Gasteiger partial charge in [0.15, 0.2) is 0 Å². The third-order valence-electron chi connectivity index (χ3n) is 2.28. The Bertz CT molecular complexity index is 431. The lowest BCUT2D eigenvalue weighted by Crippen LogP contribution is -2.26. The van der Waals surface area contributed by atoms with Crippen molar-refractivity contribution < 1.29 is 8.42 Å².